The summed E-state index contributed by atoms with van der Waals surface area (Å²) in [6.07, 6.45) is -0.0676. The summed E-state index contributed by atoms with van der Waals surface area (Å²) in [5.41, 5.74) is 4.92. The summed E-state index contributed by atoms with van der Waals surface area (Å²) < 4.78 is 0. The van der Waals surface area contributed by atoms with Crippen LogP contribution in [-0.2, 0) is 9.59 Å². The predicted molar refractivity (Wildman–Crippen MR) is 36.0 cm³/mol. The van der Waals surface area contributed by atoms with Crippen molar-refractivity contribution in [1.29, 1.82) is 0 Å². The van der Waals surface area contributed by atoms with Crippen molar-refractivity contribution < 1.29 is 14.7 Å². The summed E-state index contributed by atoms with van der Waals surface area (Å²) >= 11 is 0. The Morgan fingerprint density at radius 2 is 1.80 bits per heavy atom. The lowest BCUT2D eigenvalue weighted by atomic mass is 10.2. The standard InChI is InChI=1S/C5H9NO3.H3N/c6-3-4(7)1-2-5(8)9;/h1-3,6H2,(H,8,9);1H3. The Labute approximate surface area is 58.8 Å². The summed E-state index contributed by atoms with van der Waals surface area (Å²) in [5.74, 6) is -1.17. The Bertz CT molecular complexity index is 124. The van der Waals surface area contributed by atoms with E-state index in [0.29, 0.717) is 0 Å². The number of rotatable bonds is 4. The lowest BCUT2D eigenvalue weighted by Gasteiger charge is -1.90. The lowest BCUT2D eigenvalue weighted by Crippen LogP contribution is -2.14. The lowest BCUT2D eigenvalue weighted by molar-refractivity contribution is -0.138. The molecule has 5 heteroatoms. The molecule has 60 valence electrons. The number of carboxylic acids is 1. The fraction of sp³-hybridized carbons (Fsp3) is 0.600. The highest BCUT2D eigenvalue weighted by Crippen LogP contribution is 1.87. The second-order valence-electron chi connectivity index (χ2n) is 1.64. The second kappa shape index (κ2) is 6.18. The van der Waals surface area contributed by atoms with Crippen molar-refractivity contribution in [2.45, 2.75) is 12.8 Å². The molecule has 0 atom stereocenters. The van der Waals surface area contributed by atoms with Crippen molar-refractivity contribution in [1.82, 2.24) is 6.15 Å². The number of ketones is 1. The van der Waals surface area contributed by atoms with Crippen LogP contribution in [0.15, 0.2) is 0 Å². The van der Waals surface area contributed by atoms with Crippen LogP contribution in [0.4, 0.5) is 0 Å². The number of carbonyl (C=O) groups excluding carboxylic acids is 1. The Hall–Kier alpha value is -0.940. The quantitative estimate of drug-likeness (QED) is 0.499. The molecule has 0 aromatic rings. The van der Waals surface area contributed by atoms with Gasteiger partial charge in [-0.2, -0.15) is 0 Å². The van der Waals surface area contributed by atoms with Crippen LogP contribution in [0.5, 0.6) is 0 Å². The predicted octanol–water partition coefficient (Wildman–Crippen LogP) is -0.459. The van der Waals surface area contributed by atoms with E-state index in [9.17, 15) is 9.59 Å². The minimum atomic E-state index is -0.961. The van der Waals surface area contributed by atoms with Gasteiger partial charge in [0.05, 0.1) is 13.0 Å². The van der Waals surface area contributed by atoms with Gasteiger partial charge in [-0.15, -0.1) is 0 Å². The molecule has 0 aliphatic heterocycles. The molecule has 0 rings (SSSR count). The smallest absolute Gasteiger partial charge is 0.303 e. The van der Waals surface area contributed by atoms with Gasteiger partial charge in [-0.1, -0.05) is 0 Å². The molecule has 0 unspecified atom stereocenters. The van der Waals surface area contributed by atoms with Crippen LogP contribution in [0.2, 0.25) is 0 Å². The van der Waals surface area contributed by atoms with Gasteiger partial charge in [0.2, 0.25) is 0 Å². The minimum Gasteiger partial charge on any atom is -0.481 e. The summed E-state index contributed by atoms with van der Waals surface area (Å²) in [4.78, 5) is 20.2. The first kappa shape index (κ1) is 11.8. The monoisotopic (exact) mass is 148 g/mol. The summed E-state index contributed by atoms with van der Waals surface area (Å²) in [6.45, 7) is -0.0622. The molecule has 0 aromatic heterocycles. The Morgan fingerprint density at radius 1 is 1.30 bits per heavy atom. The number of carboxylic acid groups (broad SMARTS) is 1. The first-order chi connectivity index (χ1) is 4.16. The molecule has 0 radical (unpaired) electrons. The van der Waals surface area contributed by atoms with E-state index in [-0.39, 0.29) is 31.3 Å². The van der Waals surface area contributed by atoms with Crippen LogP contribution in [0, 0.1) is 0 Å². The molecule has 5 nitrogen and oxygen atoms in total. The zero-order chi connectivity index (χ0) is 7.28. The number of Topliss-reactive ketones (excluding diaryl/α,β-unsaturated/α-hetero) is 1. The molecular formula is C5H12N2O3. The number of hydrogen-bond donors (Lipinski definition) is 3. The van der Waals surface area contributed by atoms with Gasteiger partial charge >= 0.3 is 5.97 Å². The van der Waals surface area contributed by atoms with Crippen LogP contribution in [0.1, 0.15) is 12.8 Å². The fourth-order valence-corrected chi connectivity index (χ4v) is 0.348. The van der Waals surface area contributed by atoms with E-state index >= 15 is 0 Å². The fourth-order valence-electron chi connectivity index (χ4n) is 0.348. The third-order valence-corrected chi connectivity index (χ3v) is 0.845. The van der Waals surface area contributed by atoms with E-state index in [1.165, 1.54) is 0 Å². The SMILES string of the molecule is N.NCC(=O)CCC(=O)O. The van der Waals surface area contributed by atoms with Crippen LogP contribution < -0.4 is 11.9 Å². The summed E-state index contributed by atoms with van der Waals surface area (Å²) in [7, 11) is 0. The number of carbonyl (C=O) groups is 2. The maximum absolute atomic E-state index is 10.3. The molecule has 0 spiro atoms. The second-order valence-corrected chi connectivity index (χ2v) is 1.64. The van der Waals surface area contributed by atoms with E-state index in [0.717, 1.165) is 0 Å². The van der Waals surface area contributed by atoms with Crippen molar-refractivity contribution in [3.63, 3.8) is 0 Å². The molecule has 6 N–H and O–H groups in total. The van der Waals surface area contributed by atoms with Gasteiger partial charge in [0, 0.05) is 6.42 Å². The third-order valence-electron chi connectivity index (χ3n) is 0.845. The van der Waals surface area contributed by atoms with Crippen LogP contribution in [0.25, 0.3) is 0 Å². The molecule has 0 aliphatic rings. The first-order valence-corrected chi connectivity index (χ1v) is 2.60. The van der Waals surface area contributed by atoms with Crippen LogP contribution in [-0.4, -0.2) is 23.4 Å². The van der Waals surface area contributed by atoms with E-state index in [1.807, 2.05) is 0 Å². The molecule has 10 heavy (non-hydrogen) atoms. The molecule has 0 fully saturated rings. The zero-order valence-corrected chi connectivity index (χ0v) is 5.67. The topological polar surface area (TPSA) is 115 Å². The van der Waals surface area contributed by atoms with Crippen molar-refractivity contribution in [3.05, 3.63) is 0 Å². The number of hydrogen-bond acceptors (Lipinski definition) is 4. The maximum atomic E-state index is 10.3. The Balaban J connectivity index is 0. The molecule has 0 amide bonds. The number of aliphatic carboxylic acids is 1. The van der Waals surface area contributed by atoms with Gasteiger partial charge in [0.15, 0.2) is 0 Å². The van der Waals surface area contributed by atoms with Gasteiger partial charge in [-0.05, 0) is 0 Å². The summed E-state index contributed by atoms with van der Waals surface area (Å²) in [5, 5.41) is 8.06. The molecule has 0 aromatic carbocycles. The first-order valence-electron chi connectivity index (χ1n) is 2.60. The Morgan fingerprint density at radius 3 is 2.10 bits per heavy atom. The largest absolute Gasteiger partial charge is 0.481 e. The highest BCUT2D eigenvalue weighted by Gasteiger charge is 2.01. The molecule has 0 bridgehead atoms. The van der Waals surface area contributed by atoms with Crippen molar-refractivity contribution in [3.8, 4) is 0 Å². The van der Waals surface area contributed by atoms with E-state index in [1.54, 1.807) is 0 Å². The van der Waals surface area contributed by atoms with Crippen LogP contribution in [0.3, 0.4) is 0 Å². The van der Waals surface area contributed by atoms with E-state index in [4.69, 9.17) is 10.8 Å². The molecule has 0 saturated heterocycles. The highest BCUT2D eigenvalue weighted by atomic mass is 16.4. The van der Waals surface area contributed by atoms with E-state index < -0.39 is 5.97 Å². The van der Waals surface area contributed by atoms with Crippen molar-refractivity contribution in [2.75, 3.05) is 6.54 Å². The average Bonchev–Trinajstić information content (AvgIpc) is 1.83. The maximum Gasteiger partial charge on any atom is 0.303 e. The Kier molecular flexibility index (Phi) is 7.30. The summed E-state index contributed by atoms with van der Waals surface area (Å²) in [6, 6.07) is 0. The van der Waals surface area contributed by atoms with Gasteiger partial charge in [-0.25, -0.2) is 0 Å². The van der Waals surface area contributed by atoms with Gasteiger partial charge < -0.3 is 17.0 Å². The normalized spacial score (nSPS) is 8.10. The average molecular weight is 148 g/mol. The third kappa shape index (κ3) is 7.06. The molecular weight excluding hydrogens is 136 g/mol. The van der Waals surface area contributed by atoms with Gasteiger partial charge in [0.25, 0.3) is 0 Å². The highest BCUT2D eigenvalue weighted by molar-refractivity contribution is 5.83. The van der Waals surface area contributed by atoms with E-state index in [2.05, 4.69) is 0 Å². The van der Waals surface area contributed by atoms with Crippen molar-refractivity contribution >= 4 is 11.8 Å². The van der Waals surface area contributed by atoms with Gasteiger partial charge in [-0.3, -0.25) is 9.59 Å². The molecule has 0 saturated carbocycles. The van der Waals surface area contributed by atoms with Crippen LogP contribution >= 0.6 is 0 Å². The van der Waals surface area contributed by atoms with Gasteiger partial charge in [0.1, 0.15) is 5.78 Å². The minimum absolute atomic E-state index is 0. The van der Waals surface area contributed by atoms with Crippen molar-refractivity contribution in [2.24, 2.45) is 5.73 Å². The zero-order valence-electron chi connectivity index (χ0n) is 5.67. The number of nitrogens with two attached hydrogens (primary N) is 1. The molecule has 0 aliphatic carbocycles. The molecule has 0 heterocycles.